The summed E-state index contributed by atoms with van der Waals surface area (Å²) in [6.45, 7) is 7.34. The lowest BCUT2D eigenvalue weighted by Crippen LogP contribution is -2.47. The molecule has 1 unspecified atom stereocenters. The maximum Gasteiger partial charge on any atom is 0.408 e. The summed E-state index contributed by atoms with van der Waals surface area (Å²) in [5.74, 6) is 0.576. The Kier molecular flexibility index (Phi) is 9.87. The molecule has 1 atom stereocenters. The molecule has 0 saturated carbocycles. The van der Waals surface area contributed by atoms with Gasteiger partial charge in [-0.2, -0.15) is 0 Å². The van der Waals surface area contributed by atoms with E-state index in [-0.39, 0.29) is 18.8 Å². The van der Waals surface area contributed by atoms with Crippen molar-refractivity contribution >= 4 is 23.7 Å². The monoisotopic (exact) mass is 518 g/mol. The van der Waals surface area contributed by atoms with Gasteiger partial charge in [0.15, 0.2) is 0 Å². The number of carbonyl (C=O) groups is 3. The first-order valence-corrected chi connectivity index (χ1v) is 12.5. The van der Waals surface area contributed by atoms with Gasteiger partial charge in [0.25, 0.3) is 0 Å². The summed E-state index contributed by atoms with van der Waals surface area (Å²) in [7, 11) is 0. The van der Waals surface area contributed by atoms with E-state index in [1.807, 2.05) is 54.6 Å². The van der Waals surface area contributed by atoms with E-state index >= 15 is 0 Å². The molecule has 3 aromatic carbocycles. The summed E-state index contributed by atoms with van der Waals surface area (Å²) >= 11 is 0. The second kappa shape index (κ2) is 13.3. The Bertz CT molecular complexity index is 1220. The number of alkyl carbamates (subject to hydrolysis) is 1. The first kappa shape index (κ1) is 28.2. The third kappa shape index (κ3) is 9.61. The van der Waals surface area contributed by atoms with Gasteiger partial charge in [-0.15, -0.1) is 0 Å². The average Bonchev–Trinajstić information content (AvgIpc) is 2.85. The molecular weight excluding hydrogens is 484 g/mol. The molecular formula is C30H34N2O6. The minimum Gasteiger partial charge on any atom is -0.466 e. The number of nitrogens with one attached hydrogen (secondary N) is 2. The van der Waals surface area contributed by atoms with E-state index in [2.05, 4.69) is 10.6 Å². The van der Waals surface area contributed by atoms with Gasteiger partial charge in [-0.25, -0.2) is 4.79 Å². The summed E-state index contributed by atoms with van der Waals surface area (Å²) in [5, 5.41) is 5.52. The second-order valence-electron chi connectivity index (χ2n) is 9.63. The predicted molar refractivity (Wildman–Crippen MR) is 145 cm³/mol. The summed E-state index contributed by atoms with van der Waals surface area (Å²) in [6, 6.07) is 22.7. The fourth-order valence-corrected chi connectivity index (χ4v) is 3.57. The number of hydrogen-bond acceptors (Lipinski definition) is 6. The Morgan fingerprint density at radius 1 is 0.842 bits per heavy atom. The van der Waals surface area contributed by atoms with E-state index in [4.69, 9.17) is 14.2 Å². The van der Waals surface area contributed by atoms with Gasteiger partial charge >= 0.3 is 12.1 Å². The summed E-state index contributed by atoms with van der Waals surface area (Å²) in [4.78, 5) is 37.5. The van der Waals surface area contributed by atoms with Crippen LogP contribution in [-0.2, 0) is 31.9 Å². The Labute approximate surface area is 223 Å². The van der Waals surface area contributed by atoms with Crippen molar-refractivity contribution in [1.29, 1.82) is 0 Å². The topological polar surface area (TPSA) is 103 Å². The van der Waals surface area contributed by atoms with Crippen LogP contribution in [0.3, 0.4) is 0 Å². The van der Waals surface area contributed by atoms with Crippen LogP contribution >= 0.6 is 0 Å². The molecule has 0 spiro atoms. The molecule has 200 valence electrons. The van der Waals surface area contributed by atoms with Gasteiger partial charge in [0.05, 0.1) is 13.0 Å². The number of para-hydroxylation sites is 1. The van der Waals surface area contributed by atoms with Crippen LogP contribution < -0.4 is 15.4 Å². The lowest BCUT2D eigenvalue weighted by Gasteiger charge is -2.23. The van der Waals surface area contributed by atoms with Crippen LogP contribution in [0.1, 0.15) is 38.8 Å². The van der Waals surface area contributed by atoms with E-state index in [0.29, 0.717) is 23.8 Å². The molecule has 2 amide bonds. The predicted octanol–water partition coefficient (Wildman–Crippen LogP) is 5.66. The summed E-state index contributed by atoms with van der Waals surface area (Å²) in [5.41, 5.74) is 1.36. The highest BCUT2D eigenvalue weighted by Gasteiger charge is 2.25. The molecule has 8 nitrogen and oxygen atoms in total. The minimum absolute atomic E-state index is 0.145. The van der Waals surface area contributed by atoms with Crippen molar-refractivity contribution in [2.45, 2.75) is 52.2 Å². The average molecular weight is 519 g/mol. The number of benzene rings is 3. The fourth-order valence-electron chi connectivity index (χ4n) is 3.57. The zero-order valence-electron chi connectivity index (χ0n) is 22.2. The van der Waals surface area contributed by atoms with E-state index in [1.165, 1.54) is 0 Å². The van der Waals surface area contributed by atoms with Gasteiger partial charge in [-0.1, -0.05) is 42.5 Å². The van der Waals surface area contributed by atoms with Crippen molar-refractivity contribution in [1.82, 2.24) is 5.32 Å². The maximum atomic E-state index is 13.3. The highest BCUT2D eigenvalue weighted by atomic mass is 16.6. The van der Waals surface area contributed by atoms with E-state index < -0.39 is 23.6 Å². The first-order valence-electron chi connectivity index (χ1n) is 12.5. The molecule has 3 aromatic rings. The first-order chi connectivity index (χ1) is 18.1. The molecule has 0 heterocycles. The van der Waals surface area contributed by atoms with Crippen molar-refractivity contribution in [2.24, 2.45) is 0 Å². The zero-order valence-corrected chi connectivity index (χ0v) is 22.2. The molecule has 8 heteroatoms. The van der Waals surface area contributed by atoms with Crippen LogP contribution in [0.15, 0.2) is 78.9 Å². The maximum absolute atomic E-state index is 13.3. The Hall–Kier alpha value is -4.33. The largest absolute Gasteiger partial charge is 0.466 e. The quantitative estimate of drug-likeness (QED) is 0.336. The Morgan fingerprint density at radius 3 is 2.18 bits per heavy atom. The van der Waals surface area contributed by atoms with Gasteiger partial charge in [-0.05, 0) is 75.2 Å². The van der Waals surface area contributed by atoms with Crippen LogP contribution in [-0.4, -0.2) is 36.2 Å². The molecule has 38 heavy (non-hydrogen) atoms. The molecule has 0 saturated heterocycles. The zero-order chi connectivity index (χ0) is 27.5. The molecule has 0 fully saturated rings. The van der Waals surface area contributed by atoms with E-state index in [0.717, 1.165) is 11.1 Å². The summed E-state index contributed by atoms with van der Waals surface area (Å²) < 4.78 is 16.3. The number of hydrogen-bond donors (Lipinski definition) is 2. The highest BCUT2D eigenvalue weighted by molar-refractivity contribution is 5.96. The molecule has 0 radical (unpaired) electrons. The van der Waals surface area contributed by atoms with Crippen LogP contribution in [0.25, 0.3) is 0 Å². The molecule has 0 aliphatic carbocycles. The van der Waals surface area contributed by atoms with Crippen molar-refractivity contribution in [3.05, 3.63) is 90.0 Å². The van der Waals surface area contributed by atoms with E-state index in [1.54, 1.807) is 52.0 Å². The lowest BCUT2D eigenvalue weighted by atomic mass is 10.0. The molecule has 3 rings (SSSR count). The SMILES string of the molecule is CCOC(=O)Cc1ccc(NC(=O)C(Cc2cccc(Oc3ccccc3)c2)NC(=O)OC(C)(C)C)cc1. The number of anilines is 1. The number of carbonyl (C=O) groups excluding carboxylic acids is 3. The number of rotatable bonds is 10. The lowest BCUT2D eigenvalue weighted by molar-refractivity contribution is -0.142. The van der Waals surface area contributed by atoms with Gasteiger partial charge < -0.3 is 24.8 Å². The van der Waals surface area contributed by atoms with Crippen molar-refractivity contribution in [2.75, 3.05) is 11.9 Å². The standard InChI is InChI=1S/C30H34N2O6/c1-5-36-27(33)20-21-14-16-23(17-15-21)31-28(34)26(32-29(35)38-30(2,3)4)19-22-10-9-13-25(18-22)37-24-11-7-6-8-12-24/h6-18,26H,5,19-20H2,1-4H3,(H,31,34)(H,32,35). The second-order valence-corrected chi connectivity index (χ2v) is 9.63. The molecule has 0 aliphatic rings. The third-order valence-electron chi connectivity index (χ3n) is 5.20. The minimum atomic E-state index is -0.920. The Morgan fingerprint density at radius 2 is 1.53 bits per heavy atom. The van der Waals surface area contributed by atoms with Gasteiger partial charge in [0.2, 0.25) is 5.91 Å². The molecule has 0 aliphatic heterocycles. The van der Waals surface area contributed by atoms with Gasteiger partial charge in [0, 0.05) is 12.1 Å². The van der Waals surface area contributed by atoms with Crippen molar-refractivity contribution in [3.63, 3.8) is 0 Å². The van der Waals surface area contributed by atoms with Crippen LogP contribution in [0, 0.1) is 0 Å². The normalized spacial score (nSPS) is 11.7. The van der Waals surface area contributed by atoms with Gasteiger partial charge in [-0.3, -0.25) is 9.59 Å². The third-order valence-corrected chi connectivity index (χ3v) is 5.20. The van der Waals surface area contributed by atoms with Crippen LogP contribution in [0.2, 0.25) is 0 Å². The van der Waals surface area contributed by atoms with Crippen molar-refractivity contribution in [3.8, 4) is 11.5 Å². The molecule has 0 bridgehead atoms. The number of ether oxygens (including phenoxy) is 3. The fraction of sp³-hybridized carbons (Fsp3) is 0.300. The highest BCUT2D eigenvalue weighted by Crippen LogP contribution is 2.23. The Balaban J connectivity index is 1.73. The number of esters is 1. The summed E-state index contributed by atoms with van der Waals surface area (Å²) in [6.07, 6.45) is -0.344. The molecule has 0 aromatic heterocycles. The number of amides is 2. The van der Waals surface area contributed by atoms with Gasteiger partial charge in [0.1, 0.15) is 23.1 Å². The van der Waals surface area contributed by atoms with Crippen molar-refractivity contribution < 1.29 is 28.6 Å². The van der Waals surface area contributed by atoms with Crippen LogP contribution in [0.4, 0.5) is 10.5 Å². The molecule has 2 N–H and O–H groups in total. The van der Waals surface area contributed by atoms with Crippen LogP contribution in [0.5, 0.6) is 11.5 Å². The smallest absolute Gasteiger partial charge is 0.408 e. The van der Waals surface area contributed by atoms with E-state index in [9.17, 15) is 14.4 Å².